The number of hydrogen-bond acceptors (Lipinski definition) is 11. The number of ether oxygens (including phenoxy) is 7. The Morgan fingerprint density at radius 3 is 1.95 bits per heavy atom. The Balaban J connectivity index is 0.902. The van der Waals surface area contributed by atoms with Gasteiger partial charge in [0.05, 0.1) is 60.0 Å². The number of hydrogen-bond donors (Lipinski definition) is 2. The number of oxime groups is 1. The first kappa shape index (κ1) is 38.9. The molecule has 2 unspecified atom stereocenters. The number of nitrogens with one attached hydrogen (secondary N) is 2. The molecule has 2 aliphatic heterocycles. The van der Waals surface area contributed by atoms with Gasteiger partial charge in [-0.15, -0.1) is 0 Å². The number of benzene rings is 4. The molecule has 55 heavy (non-hydrogen) atoms. The third-order valence-corrected chi connectivity index (χ3v) is 9.79. The Bertz CT molecular complexity index is 1960. The summed E-state index contributed by atoms with van der Waals surface area (Å²) >= 11 is 0. The topological polar surface area (TPSA) is 127 Å². The summed E-state index contributed by atoms with van der Waals surface area (Å²) in [6.07, 6.45) is 6.14. The van der Waals surface area contributed by atoms with Crippen LogP contribution in [-0.2, 0) is 4.84 Å². The molecule has 4 aromatic rings. The van der Waals surface area contributed by atoms with Crippen molar-refractivity contribution in [3.63, 3.8) is 0 Å². The van der Waals surface area contributed by atoms with Crippen molar-refractivity contribution in [3.8, 4) is 40.2 Å². The summed E-state index contributed by atoms with van der Waals surface area (Å²) in [5, 5.41) is 10.8. The maximum atomic E-state index is 12.7. The van der Waals surface area contributed by atoms with E-state index in [1.165, 1.54) is 0 Å². The van der Waals surface area contributed by atoms with E-state index >= 15 is 0 Å². The highest BCUT2D eigenvalue weighted by Crippen LogP contribution is 2.43. The molecule has 2 heterocycles. The minimum atomic E-state index is -0.360. The van der Waals surface area contributed by atoms with Crippen molar-refractivity contribution in [2.45, 2.75) is 64.1 Å². The number of fused-ring (bicyclic) bond motifs is 1. The fourth-order valence-electron chi connectivity index (χ4n) is 6.78. The van der Waals surface area contributed by atoms with E-state index in [0.29, 0.717) is 65.4 Å². The zero-order chi connectivity index (χ0) is 38.7. The van der Waals surface area contributed by atoms with Crippen molar-refractivity contribution in [3.05, 3.63) is 94.5 Å². The minimum absolute atomic E-state index is 0.101. The van der Waals surface area contributed by atoms with Gasteiger partial charge in [-0.05, 0) is 79.9 Å². The van der Waals surface area contributed by atoms with Crippen molar-refractivity contribution < 1.29 is 42.8 Å². The molecular weight excluding hydrogens is 702 g/mol. The highest BCUT2D eigenvalue weighted by molar-refractivity contribution is 6.02. The minimum Gasteiger partial charge on any atom is -0.493 e. The largest absolute Gasteiger partial charge is 0.493 e. The van der Waals surface area contributed by atoms with Crippen LogP contribution in [0.25, 0.3) is 0 Å². The lowest BCUT2D eigenvalue weighted by atomic mass is 9.99. The molecule has 12 heteroatoms. The van der Waals surface area contributed by atoms with E-state index in [1.807, 2.05) is 73.7 Å². The van der Waals surface area contributed by atoms with Gasteiger partial charge in [-0.2, -0.15) is 0 Å². The van der Waals surface area contributed by atoms with Gasteiger partial charge < -0.3 is 48.6 Å². The molecule has 0 saturated carbocycles. The third kappa shape index (κ3) is 9.30. The SMILES string of the molecule is COc1cc(C2NC(=O)c3cc(C)ccc3N2)ccc1OCCCCCCCCOc1cc(C2=NOC(c3cc(OC)c(OC)c(OC)c3)C2)ccc1OC. The van der Waals surface area contributed by atoms with E-state index < -0.39 is 0 Å². The van der Waals surface area contributed by atoms with Crippen LogP contribution < -0.4 is 43.8 Å². The second kappa shape index (κ2) is 18.5. The molecule has 0 bridgehead atoms. The van der Waals surface area contributed by atoms with E-state index in [-0.39, 0.29) is 18.2 Å². The van der Waals surface area contributed by atoms with Crippen molar-refractivity contribution in [1.82, 2.24) is 5.32 Å². The fraction of sp³-hybridized carbons (Fsp3) is 0.395. The van der Waals surface area contributed by atoms with Gasteiger partial charge in [-0.25, -0.2) is 0 Å². The Morgan fingerprint density at radius 1 is 0.636 bits per heavy atom. The summed E-state index contributed by atoms with van der Waals surface area (Å²) in [5.41, 5.74) is 6.00. The molecule has 4 aromatic carbocycles. The van der Waals surface area contributed by atoms with Crippen molar-refractivity contribution in [1.29, 1.82) is 0 Å². The van der Waals surface area contributed by atoms with Crippen LogP contribution in [0.3, 0.4) is 0 Å². The van der Waals surface area contributed by atoms with Crippen LogP contribution in [0, 0.1) is 6.92 Å². The van der Waals surface area contributed by atoms with Crippen LogP contribution >= 0.6 is 0 Å². The maximum Gasteiger partial charge on any atom is 0.255 e. The molecule has 292 valence electrons. The predicted octanol–water partition coefficient (Wildman–Crippen LogP) is 8.56. The van der Waals surface area contributed by atoms with E-state index in [4.69, 9.17) is 38.0 Å². The van der Waals surface area contributed by atoms with Crippen LogP contribution in [0.2, 0.25) is 0 Å². The Hall–Kier alpha value is -5.78. The Kier molecular flexibility index (Phi) is 13.1. The first-order valence-corrected chi connectivity index (χ1v) is 18.7. The molecule has 0 radical (unpaired) electrons. The van der Waals surface area contributed by atoms with Gasteiger partial charge in [0.1, 0.15) is 6.17 Å². The van der Waals surface area contributed by atoms with Gasteiger partial charge in [0.15, 0.2) is 40.6 Å². The predicted molar refractivity (Wildman–Crippen MR) is 211 cm³/mol. The lowest BCUT2D eigenvalue weighted by molar-refractivity contribution is 0.0853. The summed E-state index contributed by atoms with van der Waals surface area (Å²) in [7, 11) is 8.03. The standard InChI is InChI=1S/C43H51N3O9/c1-27-13-16-32-31(21-27)43(47)45-42(44-32)29-15-18-35(37(23-29)49-3)53-19-11-9-7-8-10-12-20-54-38-22-28(14-17-34(38)48-2)33-26-36(55-46-33)30-24-39(50-4)41(52-6)40(25-30)51-5/h13-18,21-25,36,42,44H,7-12,19-20,26H2,1-6H3,(H,45,47). The van der Waals surface area contributed by atoms with E-state index in [0.717, 1.165) is 72.2 Å². The summed E-state index contributed by atoms with van der Waals surface area (Å²) in [4.78, 5) is 18.6. The highest BCUT2D eigenvalue weighted by atomic mass is 16.6. The molecule has 2 aliphatic rings. The van der Waals surface area contributed by atoms with E-state index in [1.54, 1.807) is 35.5 Å². The van der Waals surface area contributed by atoms with Gasteiger partial charge >= 0.3 is 0 Å². The van der Waals surface area contributed by atoms with Gasteiger partial charge in [0, 0.05) is 23.2 Å². The van der Waals surface area contributed by atoms with Crippen molar-refractivity contribution in [2.75, 3.05) is 54.1 Å². The zero-order valence-electron chi connectivity index (χ0n) is 32.5. The summed E-state index contributed by atoms with van der Waals surface area (Å²) in [6, 6.07) is 21.2. The maximum absolute atomic E-state index is 12.7. The molecule has 0 fully saturated rings. The van der Waals surface area contributed by atoms with Gasteiger partial charge in [0.25, 0.3) is 5.91 Å². The monoisotopic (exact) mass is 753 g/mol. The molecule has 12 nitrogen and oxygen atoms in total. The molecule has 0 aromatic heterocycles. The highest BCUT2D eigenvalue weighted by Gasteiger charge is 2.28. The quantitative estimate of drug-likeness (QED) is 0.0900. The van der Waals surface area contributed by atoms with Gasteiger partial charge in [-0.3, -0.25) is 4.79 Å². The van der Waals surface area contributed by atoms with Crippen LogP contribution in [-0.4, -0.2) is 60.4 Å². The van der Waals surface area contributed by atoms with Crippen molar-refractivity contribution in [2.24, 2.45) is 5.16 Å². The number of carbonyl (C=O) groups is 1. The fourth-order valence-corrected chi connectivity index (χ4v) is 6.78. The lowest BCUT2D eigenvalue weighted by Gasteiger charge is -2.28. The lowest BCUT2D eigenvalue weighted by Crippen LogP contribution is -2.38. The van der Waals surface area contributed by atoms with Gasteiger partial charge in [-0.1, -0.05) is 48.5 Å². The molecule has 2 atom stereocenters. The number of aryl methyl sites for hydroxylation is 1. The molecule has 0 saturated heterocycles. The first-order chi connectivity index (χ1) is 26.8. The number of methoxy groups -OCH3 is 5. The number of carbonyl (C=O) groups excluding carboxylic acids is 1. The van der Waals surface area contributed by atoms with Crippen LogP contribution in [0.15, 0.2) is 71.9 Å². The van der Waals surface area contributed by atoms with Crippen LogP contribution in [0.4, 0.5) is 5.69 Å². The molecule has 6 rings (SSSR count). The Labute approximate surface area is 323 Å². The zero-order valence-corrected chi connectivity index (χ0v) is 32.5. The summed E-state index contributed by atoms with van der Waals surface area (Å²) in [5.74, 6) is 4.24. The molecule has 2 N–H and O–H groups in total. The Morgan fingerprint density at radius 2 is 1.27 bits per heavy atom. The number of anilines is 1. The van der Waals surface area contributed by atoms with E-state index in [9.17, 15) is 4.79 Å². The normalized spacial score (nSPS) is 15.8. The number of rotatable bonds is 19. The average molecular weight is 754 g/mol. The molecule has 1 amide bonds. The summed E-state index contributed by atoms with van der Waals surface area (Å²) < 4.78 is 40.0. The molecule has 0 aliphatic carbocycles. The van der Waals surface area contributed by atoms with Crippen molar-refractivity contribution >= 4 is 17.3 Å². The average Bonchev–Trinajstić information content (AvgIpc) is 3.71. The molecule has 0 spiro atoms. The van der Waals surface area contributed by atoms with Gasteiger partial charge in [0.2, 0.25) is 5.75 Å². The van der Waals surface area contributed by atoms with Crippen LogP contribution in [0.5, 0.6) is 40.2 Å². The number of amides is 1. The third-order valence-electron chi connectivity index (χ3n) is 9.79. The van der Waals surface area contributed by atoms with Crippen LogP contribution in [0.1, 0.15) is 89.8 Å². The first-order valence-electron chi connectivity index (χ1n) is 18.7. The molecular formula is C43H51N3O9. The smallest absolute Gasteiger partial charge is 0.255 e. The summed E-state index contributed by atoms with van der Waals surface area (Å²) in [6.45, 7) is 3.16. The van der Waals surface area contributed by atoms with E-state index in [2.05, 4.69) is 15.8 Å². The number of nitrogens with zero attached hydrogens (tertiary/aromatic N) is 1. The second-order valence-corrected chi connectivity index (χ2v) is 13.5. The second-order valence-electron chi connectivity index (χ2n) is 13.5. The number of unbranched alkanes of at least 4 members (excludes halogenated alkanes) is 5.